The van der Waals surface area contributed by atoms with Crippen LogP contribution < -0.4 is 5.32 Å². The molecule has 5 heteroatoms. The Balaban J connectivity index is 1.70. The zero-order chi connectivity index (χ0) is 15.7. The van der Waals surface area contributed by atoms with Gasteiger partial charge >= 0.3 is 0 Å². The van der Waals surface area contributed by atoms with E-state index in [-0.39, 0.29) is 11.3 Å². The third-order valence-electron chi connectivity index (χ3n) is 4.36. The number of fused-ring (bicyclic) bond motifs is 1. The molecule has 1 aromatic heterocycles. The average Bonchev–Trinajstić information content (AvgIpc) is 2.98. The Bertz CT molecular complexity index is 558. The largest absolute Gasteiger partial charge is 0.338 e. The Hall–Kier alpha value is -1.49. The van der Waals surface area contributed by atoms with Gasteiger partial charge in [0, 0.05) is 37.7 Å². The number of amides is 1. The van der Waals surface area contributed by atoms with Crippen molar-refractivity contribution >= 4 is 5.91 Å². The first kappa shape index (κ1) is 15.4. The molecule has 1 atom stereocenters. The highest BCUT2D eigenvalue weighted by Crippen LogP contribution is 2.25. The lowest BCUT2D eigenvalue weighted by atomic mass is 9.91. The van der Waals surface area contributed by atoms with E-state index in [2.05, 4.69) is 31.1 Å². The number of nitrogens with one attached hydrogen (secondary N) is 1. The van der Waals surface area contributed by atoms with Gasteiger partial charge in [0.1, 0.15) is 5.82 Å². The van der Waals surface area contributed by atoms with Gasteiger partial charge in [-0.3, -0.25) is 4.79 Å². The monoisotopic (exact) mass is 302 g/mol. The lowest BCUT2D eigenvalue weighted by molar-refractivity contribution is -0.134. The van der Waals surface area contributed by atoms with Gasteiger partial charge in [-0.05, 0) is 24.8 Å². The summed E-state index contributed by atoms with van der Waals surface area (Å²) in [6.07, 6.45) is 5.67. The van der Waals surface area contributed by atoms with Gasteiger partial charge in [0.15, 0.2) is 0 Å². The summed E-state index contributed by atoms with van der Waals surface area (Å²) in [6.45, 7) is 8.80. The van der Waals surface area contributed by atoms with Crippen molar-refractivity contribution in [1.29, 1.82) is 0 Å². The van der Waals surface area contributed by atoms with E-state index in [1.54, 1.807) is 0 Å². The highest BCUT2D eigenvalue weighted by molar-refractivity contribution is 5.77. The summed E-state index contributed by atoms with van der Waals surface area (Å²) in [7, 11) is 0. The number of rotatable bonds is 2. The van der Waals surface area contributed by atoms with Gasteiger partial charge in [-0.15, -0.1) is 0 Å². The van der Waals surface area contributed by atoms with Crippen LogP contribution >= 0.6 is 0 Å². The van der Waals surface area contributed by atoms with Crippen LogP contribution in [0.2, 0.25) is 0 Å². The summed E-state index contributed by atoms with van der Waals surface area (Å²) in [5, 5.41) is 3.44. The molecule has 2 aliphatic heterocycles. The predicted octanol–water partition coefficient (Wildman–Crippen LogP) is 2.22. The molecular formula is C17H26N4O. The van der Waals surface area contributed by atoms with Gasteiger partial charge in [-0.2, -0.15) is 0 Å². The first-order valence-electron chi connectivity index (χ1n) is 8.28. The van der Waals surface area contributed by atoms with Crippen LogP contribution in [-0.4, -0.2) is 33.9 Å². The van der Waals surface area contributed by atoms with E-state index >= 15 is 0 Å². The quantitative estimate of drug-likeness (QED) is 0.910. The van der Waals surface area contributed by atoms with Crippen molar-refractivity contribution in [1.82, 2.24) is 20.2 Å². The lowest BCUT2D eigenvalue weighted by Crippen LogP contribution is -2.38. The fraction of sp³-hybridized carbons (Fsp3) is 0.706. The molecule has 3 rings (SSSR count). The summed E-state index contributed by atoms with van der Waals surface area (Å²) in [5.74, 6) is 1.16. The topological polar surface area (TPSA) is 58.1 Å². The van der Waals surface area contributed by atoms with Gasteiger partial charge < -0.3 is 10.2 Å². The van der Waals surface area contributed by atoms with Crippen molar-refractivity contribution in [2.24, 2.45) is 5.41 Å². The van der Waals surface area contributed by atoms with Crippen molar-refractivity contribution in [3.63, 3.8) is 0 Å². The van der Waals surface area contributed by atoms with Crippen LogP contribution in [0.4, 0.5) is 0 Å². The number of carbonyl (C=O) groups excluding carboxylic acids is 1. The first-order chi connectivity index (χ1) is 10.4. The Morgan fingerprint density at radius 2 is 2.27 bits per heavy atom. The molecular weight excluding hydrogens is 276 g/mol. The van der Waals surface area contributed by atoms with Crippen LogP contribution in [0.3, 0.4) is 0 Å². The maximum Gasteiger partial charge on any atom is 0.223 e. The molecule has 3 heterocycles. The molecule has 1 fully saturated rings. The maximum absolute atomic E-state index is 12.4. The second-order valence-electron chi connectivity index (χ2n) is 7.65. The molecule has 1 aromatic rings. The Morgan fingerprint density at radius 1 is 1.45 bits per heavy atom. The van der Waals surface area contributed by atoms with Crippen LogP contribution in [0.1, 0.15) is 63.2 Å². The average molecular weight is 302 g/mol. The van der Waals surface area contributed by atoms with Gasteiger partial charge in [0.25, 0.3) is 0 Å². The molecule has 120 valence electrons. The van der Waals surface area contributed by atoms with Crippen molar-refractivity contribution < 1.29 is 4.79 Å². The second-order valence-corrected chi connectivity index (χ2v) is 7.65. The van der Waals surface area contributed by atoms with Crippen LogP contribution in [0.25, 0.3) is 0 Å². The van der Waals surface area contributed by atoms with Crippen LogP contribution in [0, 0.1) is 5.41 Å². The molecule has 0 radical (unpaired) electrons. The zero-order valence-corrected chi connectivity index (χ0v) is 13.9. The number of carbonyl (C=O) groups is 1. The molecule has 22 heavy (non-hydrogen) atoms. The summed E-state index contributed by atoms with van der Waals surface area (Å²) in [4.78, 5) is 23.6. The fourth-order valence-electron chi connectivity index (χ4n) is 3.18. The summed E-state index contributed by atoms with van der Waals surface area (Å²) in [5.41, 5.74) is 2.26. The molecule has 0 spiro atoms. The standard InChI is InChI=1S/C17H26N4O/c1-17(2,3)9-15(22)21-8-6-13-12(11-21)10-19-16(20-13)14-5-4-7-18-14/h10,14,18H,4-9,11H2,1-3H3. The molecule has 5 nitrogen and oxygen atoms in total. The maximum atomic E-state index is 12.4. The third-order valence-corrected chi connectivity index (χ3v) is 4.36. The summed E-state index contributed by atoms with van der Waals surface area (Å²) < 4.78 is 0. The van der Waals surface area contributed by atoms with Crippen molar-refractivity contribution in [2.45, 2.75) is 59.0 Å². The molecule has 0 bridgehead atoms. The van der Waals surface area contributed by atoms with Gasteiger partial charge in [-0.25, -0.2) is 9.97 Å². The fourth-order valence-corrected chi connectivity index (χ4v) is 3.18. The lowest BCUT2D eigenvalue weighted by Gasteiger charge is -2.30. The number of nitrogens with zero attached hydrogens (tertiary/aromatic N) is 3. The first-order valence-corrected chi connectivity index (χ1v) is 8.28. The van der Waals surface area contributed by atoms with Crippen LogP contribution in [0.15, 0.2) is 6.20 Å². The highest BCUT2D eigenvalue weighted by Gasteiger charge is 2.27. The van der Waals surface area contributed by atoms with E-state index in [0.29, 0.717) is 19.0 Å². The minimum absolute atomic E-state index is 0.0336. The van der Waals surface area contributed by atoms with E-state index in [0.717, 1.165) is 43.0 Å². The highest BCUT2D eigenvalue weighted by atomic mass is 16.2. The molecule has 1 amide bonds. The molecule has 0 aromatic carbocycles. The molecule has 0 saturated carbocycles. The van der Waals surface area contributed by atoms with E-state index in [1.807, 2.05) is 11.1 Å². The van der Waals surface area contributed by atoms with Crippen LogP contribution in [0.5, 0.6) is 0 Å². The SMILES string of the molecule is CC(C)(C)CC(=O)N1CCc2nc(C3CCCN3)ncc2C1. The molecule has 1 unspecified atom stereocenters. The predicted molar refractivity (Wildman–Crippen MR) is 85.2 cm³/mol. The van der Waals surface area contributed by atoms with Crippen LogP contribution in [-0.2, 0) is 17.8 Å². The molecule has 0 aliphatic carbocycles. The minimum atomic E-state index is 0.0336. The molecule has 1 N–H and O–H groups in total. The number of aromatic nitrogens is 2. The third kappa shape index (κ3) is 3.46. The Labute approximate surface area is 132 Å². The zero-order valence-electron chi connectivity index (χ0n) is 13.9. The summed E-state index contributed by atoms with van der Waals surface area (Å²) >= 11 is 0. The normalized spacial score (nSPS) is 21.8. The smallest absolute Gasteiger partial charge is 0.223 e. The van der Waals surface area contributed by atoms with E-state index in [1.165, 1.54) is 6.42 Å². The number of hydrogen-bond acceptors (Lipinski definition) is 4. The van der Waals surface area contributed by atoms with Crippen molar-refractivity contribution in [3.05, 3.63) is 23.3 Å². The second kappa shape index (κ2) is 5.95. The van der Waals surface area contributed by atoms with E-state index in [9.17, 15) is 4.79 Å². The van der Waals surface area contributed by atoms with Gasteiger partial charge in [-0.1, -0.05) is 20.8 Å². The van der Waals surface area contributed by atoms with E-state index in [4.69, 9.17) is 4.98 Å². The van der Waals surface area contributed by atoms with Gasteiger partial charge in [0.2, 0.25) is 5.91 Å². The Kier molecular flexibility index (Phi) is 4.17. The minimum Gasteiger partial charge on any atom is -0.338 e. The number of hydrogen-bond donors (Lipinski definition) is 1. The molecule has 1 saturated heterocycles. The van der Waals surface area contributed by atoms with Crippen molar-refractivity contribution in [3.8, 4) is 0 Å². The molecule has 2 aliphatic rings. The van der Waals surface area contributed by atoms with Gasteiger partial charge in [0.05, 0.1) is 11.7 Å². The summed E-state index contributed by atoms with van der Waals surface area (Å²) in [6, 6.07) is 0.311. The Morgan fingerprint density at radius 3 is 2.95 bits per heavy atom. The van der Waals surface area contributed by atoms with Crippen molar-refractivity contribution in [2.75, 3.05) is 13.1 Å². The van der Waals surface area contributed by atoms with E-state index < -0.39 is 0 Å².